The maximum absolute atomic E-state index is 10.8. The van der Waals surface area contributed by atoms with Gasteiger partial charge in [0.05, 0.1) is 0 Å². The lowest BCUT2D eigenvalue weighted by atomic mass is 10.2. The van der Waals surface area contributed by atoms with E-state index in [0.29, 0.717) is 13.1 Å². The molecule has 1 aromatic rings. The van der Waals surface area contributed by atoms with Crippen molar-refractivity contribution in [3.8, 4) is 0 Å². The maximum atomic E-state index is 10.8. The summed E-state index contributed by atoms with van der Waals surface area (Å²) >= 11 is 0. The van der Waals surface area contributed by atoms with Gasteiger partial charge in [-0.1, -0.05) is 13.8 Å². The molecule has 0 bridgehead atoms. The van der Waals surface area contributed by atoms with Gasteiger partial charge in [-0.15, -0.1) is 0 Å². The summed E-state index contributed by atoms with van der Waals surface area (Å²) in [6.45, 7) is 9.69. The molecule has 1 amide bonds. The molecule has 0 saturated heterocycles. The molecule has 19 heavy (non-hydrogen) atoms. The zero-order valence-electron chi connectivity index (χ0n) is 12.1. The molecule has 0 radical (unpaired) electrons. The van der Waals surface area contributed by atoms with E-state index in [-0.39, 0.29) is 11.8 Å². The molecule has 0 fully saturated rings. The first-order valence-electron chi connectivity index (χ1n) is 6.64. The van der Waals surface area contributed by atoms with Crippen LogP contribution in [0.1, 0.15) is 39.4 Å². The van der Waals surface area contributed by atoms with Crippen molar-refractivity contribution < 1.29 is 4.79 Å². The smallest absolute Gasteiger partial charge is 0.216 e. The standard InChI is InChI=1S/C13H23N5O/c1-5-14-11-8-12(16-7-6-15-10(4)19)18-13(17-11)9(2)3/h8-9H,5-7H2,1-4H3,(H,15,19)(H2,14,16,17,18). The van der Waals surface area contributed by atoms with Gasteiger partial charge in [0.1, 0.15) is 17.5 Å². The molecule has 0 unspecified atom stereocenters. The van der Waals surface area contributed by atoms with Crippen molar-refractivity contribution in [2.75, 3.05) is 30.3 Å². The summed E-state index contributed by atoms with van der Waals surface area (Å²) in [5, 5.41) is 9.11. The van der Waals surface area contributed by atoms with Crippen LogP contribution in [-0.4, -0.2) is 35.5 Å². The summed E-state index contributed by atoms with van der Waals surface area (Å²) in [6.07, 6.45) is 0. The Bertz CT molecular complexity index is 419. The highest BCUT2D eigenvalue weighted by molar-refractivity contribution is 5.72. The van der Waals surface area contributed by atoms with E-state index < -0.39 is 0 Å². The van der Waals surface area contributed by atoms with E-state index in [9.17, 15) is 4.79 Å². The van der Waals surface area contributed by atoms with Crippen molar-refractivity contribution in [3.05, 3.63) is 11.9 Å². The van der Waals surface area contributed by atoms with Crippen LogP contribution in [-0.2, 0) is 4.79 Å². The molecule has 6 nitrogen and oxygen atoms in total. The maximum Gasteiger partial charge on any atom is 0.216 e. The first-order chi connectivity index (χ1) is 9.02. The molecular weight excluding hydrogens is 242 g/mol. The van der Waals surface area contributed by atoms with E-state index in [1.165, 1.54) is 6.92 Å². The van der Waals surface area contributed by atoms with Crippen molar-refractivity contribution in [1.82, 2.24) is 15.3 Å². The summed E-state index contributed by atoms with van der Waals surface area (Å²) in [5.41, 5.74) is 0. The molecule has 6 heteroatoms. The summed E-state index contributed by atoms with van der Waals surface area (Å²) in [4.78, 5) is 19.7. The molecule has 0 saturated carbocycles. The number of rotatable bonds is 7. The van der Waals surface area contributed by atoms with E-state index in [4.69, 9.17) is 0 Å². The van der Waals surface area contributed by atoms with Crippen molar-refractivity contribution in [1.29, 1.82) is 0 Å². The van der Waals surface area contributed by atoms with Gasteiger partial charge in [-0.25, -0.2) is 9.97 Å². The number of nitrogens with one attached hydrogen (secondary N) is 3. The Morgan fingerprint density at radius 3 is 2.37 bits per heavy atom. The molecule has 1 rings (SSSR count). The first kappa shape index (κ1) is 15.2. The van der Waals surface area contributed by atoms with Crippen LogP contribution in [0.3, 0.4) is 0 Å². The minimum absolute atomic E-state index is 0.0271. The zero-order valence-corrected chi connectivity index (χ0v) is 12.1. The number of carbonyl (C=O) groups excluding carboxylic acids is 1. The Balaban J connectivity index is 2.67. The Labute approximate surface area is 114 Å². The third-order valence-corrected chi connectivity index (χ3v) is 2.42. The fourth-order valence-corrected chi connectivity index (χ4v) is 1.52. The topological polar surface area (TPSA) is 78.9 Å². The average molecular weight is 265 g/mol. The number of aromatic nitrogens is 2. The third kappa shape index (κ3) is 5.54. The Kier molecular flexibility index (Phi) is 6.05. The quantitative estimate of drug-likeness (QED) is 0.652. The second kappa shape index (κ2) is 7.56. The molecule has 1 aromatic heterocycles. The van der Waals surface area contributed by atoms with Crippen LogP contribution < -0.4 is 16.0 Å². The zero-order chi connectivity index (χ0) is 14.3. The van der Waals surface area contributed by atoms with E-state index in [0.717, 1.165) is 24.0 Å². The summed E-state index contributed by atoms with van der Waals surface area (Å²) in [7, 11) is 0. The Morgan fingerprint density at radius 1 is 1.21 bits per heavy atom. The van der Waals surface area contributed by atoms with Gasteiger partial charge >= 0.3 is 0 Å². The SMILES string of the molecule is CCNc1cc(NCCNC(C)=O)nc(C(C)C)n1. The average Bonchev–Trinajstić information content (AvgIpc) is 2.34. The van der Waals surface area contributed by atoms with Crippen LogP contribution in [0.4, 0.5) is 11.6 Å². The summed E-state index contributed by atoms with van der Waals surface area (Å²) in [6, 6.07) is 1.88. The fraction of sp³-hybridized carbons (Fsp3) is 0.615. The first-order valence-corrected chi connectivity index (χ1v) is 6.64. The second-order valence-electron chi connectivity index (χ2n) is 4.59. The fourth-order valence-electron chi connectivity index (χ4n) is 1.52. The molecule has 3 N–H and O–H groups in total. The predicted molar refractivity (Wildman–Crippen MR) is 77.5 cm³/mol. The van der Waals surface area contributed by atoms with Crippen molar-refractivity contribution in [2.24, 2.45) is 0 Å². The van der Waals surface area contributed by atoms with Crippen molar-refractivity contribution >= 4 is 17.5 Å². The van der Waals surface area contributed by atoms with Gasteiger partial charge in [-0.05, 0) is 6.92 Å². The van der Waals surface area contributed by atoms with Crippen LogP contribution in [0.5, 0.6) is 0 Å². The lowest BCUT2D eigenvalue weighted by Gasteiger charge is -2.12. The van der Waals surface area contributed by atoms with E-state index in [1.54, 1.807) is 0 Å². The van der Waals surface area contributed by atoms with Crippen LogP contribution in [0.15, 0.2) is 6.07 Å². The number of carbonyl (C=O) groups is 1. The molecule has 0 spiro atoms. The number of hydrogen-bond acceptors (Lipinski definition) is 5. The molecule has 0 aromatic carbocycles. The highest BCUT2D eigenvalue weighted by Crippen LogP contribution is 2.16. The van der Waals surface area contributed by atoms with Gasteiger partial charge < -0.3 is 16.0 Å². The molecular formula is C13H23N5O. The highest BCUT2D eigenvalue weighted by atomic mass is 16.1. The summed E-state index contributed by atoms with van der Waals surface area (Å²) < 4.78 is 0. The van der Waals surface area contributed by atoms with Crippen LogP contribution in [0, 0.1) is 0 Å². The van der Waals surface area contributed by atoms with Gasteiger partial charge in [0, 0.05) is 38.5 Å². The minimum Gasteiger partial charge on any atom is -0.370 e. The molecule has 0 aliphatic heterocycles. The largest absolute Gasteiger partial charge is 0.370 e. The van der Waals surface area contributed by atoms with Crippen LogP contribution >= 0.6 is 0 Å². The molecule has 0 aliphatic carbocycles. The van der Waals surface area contributed by atoms with Crippen LogP contribution in [0.25, 0.3) is 0 Å². The Morgan fingerprint density at radius 2 is 1.84 bits per heavy atom. The lowest BCUT2D eigenvalue weighted by molar-refractivity contribution is -0.118. The lowest BCUT2D eigenvalue weighted by Crippen LogP contribution is -2.26. The molecule has 1 heterocycles. The van der Waals surface area contributed by atoms with Gasteiger partial charge in [-0.2, -0.15) is 0 Å². The highest BCUT2D eigenvalue weighted by Gasteiger charge is 2.07. The van der Waals surface area contributed by atoms with Gasteiger partial charge in [-0.3, -0.25) is 4.79 Å². The monoisotopic (exact) mass is 265 g/mol. The number of anilines is 2. The molecule has 0 aliphatic rings. The van der Waals surface area contributed by atoms with E-state index >= 15 is 0 Å². The number of amides is 1. The molecule has 0 atom stereocenters. The third-order valence-electron chi connectivity index (χ3n) is 2.42. The number of hydrogen-bond donors (Lipinski definition) is 3. The Hall–Kier alpha value is -1.85. The predicted octanol–water partition coefficient (Wildman–Crippen LogP) is 1.58. The van der Waals surface area contributed by atoms with Crippen LogP contribution in [0.2, 0.25) is 0 Å². The van der Waals surface area contributed by atoms with Crippen molar-refractivity contribution in [3.63, 3.8) is 0 Å². The number of nitrogens with zero attached hydrogens (tertiary/aromatic N) is 2. The normalized spacial score (nSPS) is 10.4. The van der Waals surface area contributed by atoms with E-state index in [1.807, 2.05) is 13.0 Å². The molecule has 106 valence electrons. The minimum atomic E-state index is -0.0271. The van der Waals surface area contributed by atoms with Gasteiger partial charge in [0.15, 0.2) is 0 Å². The summed E-state index contributed by atoms with van der Waals surface area (Å²) in [5.74, 6) is 2.65. The van der Waals surface area contributed by atoms with Gasteiger partial charge in [0.2, 0.25) is 5.91 Å². The van der Waals surface area contributed by atoms with E-state index in [2.05, 4.69) is 39.8 Å². The van der Waals surface area contributed by atoms with Crippen molar-refractivity contribution in [2.45, 2.75) is 33.6 Å². The second-order valence-corrected chi connectivity index (χ2v) is 4.59. The van der Waals surface area contributed by atoms with Gasteiger partial charge in [0.25, 0.3) is 0 Å².